The molecule has 0 bridgehead atoms. The number of nitrogens with zero attached hydrogens (tertiary/aromatic N) is 2. The van der Waals surface area contributed by atoms with Crippen molar-refractivity contribution in [2.24, 2.45) is 0 Å². The minimum absolute atomic E-state index is 0.0533. The second-order valence-electron chi connectivity index (χ2n) is 5.17. The largest absolute Gasteiger partial charge is 0.378 e. The molecular weight excluding hydrogens is 306 g/mol. The fraction of sp³-hybridized carbons (Fsp3) is 0.429. The molecule has 1 atom stereocenters. The highest BCUT2D eigenvalue weighted by Crippen LogP contribution is 2.43. The molecule has 5 nitrogen and oxygen atoms in total. The van der Waals surface area contributed by atoms with Crippen molar-refractivity contribution < 1.29 is 9.53 Å². The number of anilines is 2. The first kappa shape index (κ1) is 13.2. The number of morpholine rings is 1. The molecule has 4 heterocycles. The Bertz CT molecular complexity index is 647. The van der Waals surface area contributed by atoms with Crippen LogP contribution in [0.3, 0.4) is 0 Å². The maximum absolute atomic E-state index is 11.9. The standard InChI is InChI=1S/C14H15N3O2S2/c18-11-7-10(9-1-6-20-8-9)12-13(15-11)16-14(21-12)17-2-4-19-5-3-17/h1,6,8,10H,2-5,7H2,(H,15,18). The number of nitrogens with one attached hydrogen (secondary N) is 1. The zero-order valence-corrected chi connectivity index (χ0v) is 13.0. The molecule has 2 aromatic heterocycles. The Morgan fingerprint density at radius 1 is 1.38 bits per heavy atom. The summed E-state index contributed by atoms with van der Waals surface area (Å²) in [6.07, 6.45) is 0.508. The van der Waals surface area contributed by atoms with E-state index in [-0.39, 0.29) is 11.8 Å². The van der Waals surface area contributed by atoms with Gasteiger partial charge in [-0.1, -0.05) is 11.3 Å². The van der Waals surface area contributed by atoms with Crippen LogP contribution in [-0.2, 0) is 9.53 Å². The molecular formula is C14H15N3O2S2. The molecule has 2 aliphatic heterocycles. The fourth-order valence-electron chi connectivity index (χ4n) is 2.74. The summed E-state index contributed by atoms with van der Waals surface area (Å²) < 4.78 is 5.39. The molecule has 1 N–H and O–H groups in total. The lowest BCUT2D eigenvalue weighted by Crippen LogP contribution is -2.36. The van der Waals surface area contributed by atoms with Gasteiger partial charge in [-0.15, -0.1) is 0 Å². The van der Waals surface area contributed by atoms with Gasteiger partial charge in [0.2, 0.25) is 5.91 Å². The van der Waals surface area contributed by atoms with E-state index >= 15 is 0 Å². The van der Waals surface area contributed by atoms with E-state index in [0.717, 1.165) is 37.3 Å². The van der Waals surface area contributed by atoms with Crippen molar-refractivity contribution in [3.8, 4) is 0 Å². The number of ether oxygens (including phenoxy) is 1. The van der Waals surface area contributed by atoms with Crippen molar-refractivity contribution in [2.75, 3.05) is 36.5 Å². The van der Waals surface area contributed by atoms with E-state index in [1.807, 2.05) is 0 Å². The Morgan fingerprint density at radius 2 is 2.24 bits per heavy atom. The molecule has 1 fully saturated rings. The lowest BCUT2D eigenvalue weighted by molar-refractivity contribution is -0.116. The molecule has 1 amide bonds. The number of rotatable bonds is 2. The van der Waals surface area contributed by atoms with Gasteiger partial charge in [0.05, 0.1) is 18.1 Å². The number of hydrogen-bond donors (Lipinski definition) is 1. The normalized spacial score (nSPS) is 22.0. The van der Waals surface area contributed by atoms with E-state index in [9.17, 15) is 4.79 Å². The lowest BCUT2D eigenvalue weighted by Gasteiger charge is -2.26. The molecule has 0 aliphatic carbocycles. The van der Waals surface area contributed by atoms with E-state index in [1.54, 1.807) is 22.7 Å². The maximum Gasteiger partial charge on any atom is 0.226 e. The zero-order chi connectivity index (χ0) is 14.2. The number of carbonyl (C=O) groups is 1. The van der Waals surface area contributed by atoms with Crippen molar-refractivity contribution >= 4 is 39.5 Å². The summed E-state index contributed by atoms with van der Waals surface area (Å²) >= 11 is 3.37. The Morgan fingerprint density at radius 3 is 3.00 bits per heavy atom. The third-order valence-corrected chi connectivity index (χ3v) is 5.76. The predicted octanol–water partition coefficient (Wildman–Crippen LogP) is 2.52. The first-order valence-electron chi connectivity index (χ1n) is 6.96. The van der Waals surface area contributed by atoms with Crippen molar-refractivity contribution in [1.29, 1.82) is 0 Å². The number of carbonyl (C=O) groups excluding carboxylic acids is 1. The van der Waals surface area contributed by atoms with Gasteiger partial charge in [0.15, 0.2) is 5.13 Å². The van der Waals surface area contributed by atoms with Crippen LogP contribution in [-0.4, -0.2) is 37.2 Å². The van der Waals surface area contributed by atoms with Gasteiger partial charge in [-0.2, -0.15) is 11.3 Å². The van der Waals surface area contributed by atoms with Crippen molar-refractivity contribution in [1.82, 2.24) is 4.98 Å². The summed E-state index contributed by atoms with van der Waals surface area (Å²) in [6, 6.07) is 2.10. The fourth-order valence-corrected chi connectivity index (χ4v) is 4.65. The van der Waals surface area contributed by atoms with Crippen molar-refractivity contribution in [3.63, 3.8) is 0 Å². The number of thiazole rings is 1. The van der Waals surface area contributed by atoms with Crippen LogP contribution in [0.5, 0.6) is 0 Å². The topological polar surface area (TPSA) is 54.5 Å². The molecule has 0 radical (unpaired) electrons. The lowest BCUT2D eigenvalue weighted by atomic mass is 9.94. The van der Waals surface area contributed by atoms with Gasteiger partial charge in [0.1, 0.15) is 5.82 Å². The third kappa shape index (κ3) is 2.45. The highest BCUT2D eigenvalue weighted by atomic mass is 32.1. The molecule has 1 saturated heterocycles. The van der Waals surface area contributed by atoms with Crippen molar-refractivity contribution in [3.05, 3.63) is 27.3 Å². The van der Waals surface area contributed by atoms with Gasteiger partial charge in [-0.3, -0.25) is 4.79 Å². The van der Waals surface area contributed by atoms with Gasteiger partial charge in [0, 0.05) is 25.4 Å². The van der Waals surface area contributed by atoms with Crippen LogP contribution in [0.15, 0.2) is 16.8 Å². The average Bonchev–Trinajstić information content (AvgIpc) is 3.16. The number of fused-ring (bicyclic) bond motifs is 1. The molecule has 4 rings (SSSR count). The number of hydrogen-bond acceptors (Lipinski definition) is 6. The Hall–Kier alpha value is -1.44. The molecule has 2 aromatic rings. The number of amides is 1. The summed E-state index contributed by atoms with van der Waals surface area (Å²) in [6.45, 7) is 3.21. The van der Waals surface area contributed by atoms with Crippen LogP contribution >= 0.6 is 22.7 Å². The molecule has 1 unspecified atom stereocenters. The van der Waals surface area contributed by atoms with Gasteiger partial charge < -0.3 is 15.0 Å². The summed E-state index contributed by atoms with van der Waals surface area (Å²) in [4.78, 5) is 20.0. The Labute approximate surface area is 130 Å². The van der Waals surface area contributed by atoms with Crippen LogP contribution < -0.4 is 10.2 Å². The van der Waals surface area contributed by atoms with Crippen LogP contribution in [0.2, 0.25) is 0 Å². The quantitative estimate of drug-likeness (QED) is 0.923. The number of thiophene rings is 1. The molecule has 2 aliphatic rings. The second kappa shape index (κ2) is 5.40. The van der Waals surface area contributed by atoms with E-state index in [2.05, 4.69) is 32.0 Å². The zero-order valence-electron chi connectivity index (χ0n) is 11.4. The first-order valence-corrected chi connectivity index (χ1v) is 8.72. The van der Waals surface area contributed by atoms with E-state index in [0.29, 0.717) is 6.42 Å². The average molecular weight is 321 g/mol. The minimum Gasteiger partial charge on any atom is -0.378 e. The van der Waals surface area contributed by atoms with Crippen LogP contribution in [0.25, 0.3) is 0 Å². The van der Waals surface area contributed by atoms with Gasteiger partial charge in [-0.25, -0.2) is 4.98 Å². The summed E-state index contributed by atoms with van der Waals surface area (Å²) in [5, 5.41) is 8.10. The highest BCUT2D eigenvalue weighted by Gasteiger charge is 2.31. The molecule has 7 heteroatoms. The summed E-state index contributed by atoms with van der Waals surface area (Å²) in [5.74, 6) is 0.943. The van der Waals surface area contributed by atoms with E-state index in [4.69, 9.17) is 4.74 Å². The molecule has 21 heavy (non-hydrogen) atoms. The minimum atomic E-state index is 0.0533. The van der Waals surface area contributed by atoms with Gasteiger partial charge in [-0.05, 0) is 22.4 Å². The SMILES string of the molecule is O=C1CC(c2ccsc2)c2sc(N3CCOCC3)nc2N1. The van der Waals surface area contributed by atoms with Crippen LogP contribution in [0.4, 0.5) is 10.9 Å². The maximum atomic E-state index is 11.9. The molecule has 0 aromatic carbocycles. The van der Waals surface area contributed by atoms with Gasteiger partial charge >= 0.3 is 0 Å². The van der Waals surface area contributed by atoms with Gasteiger partial charge in [0.25, 0.3) is 0 Å². The van der Waals surface area contributed by atoms with Crippen LogP contribution in [0.1, 0.15) is 22.8 Å². The third-order valence-electron chi connectivity index (χ3n) is 3.83. The first-order chi connectivity index (χ1) is 10.3. The summed E-state index contributed by atoms with van der Waals surface area (Å²) in [7, 11) is 0. The molecule has 0 spiro atoms. The smallest absolute Gasteiger partial charge is 0.226 e. The van der Waals surface area contributed by atoms with Crippen LogP contribution in [0, 0.1) is 0 Å². The summed E-state index contributed by atoms with van der Waals surface area (Å²) in [5.41, 5.74) is 1.22. The predicted molar refractivity (Wildman–Crippen MR) is 84.6 cm³/mol. The molecule has 0 saturated carbocycles. The van der Waals surface area contributed by atoms with E-state index in [1.165, 1.54) is 10.4 Å². The highest BCUT2D eigenvalue weighted by molar-refractivity contribution is 7.16. The second-order valence-corrected chi connectivity index (χ2v) is 6.96. The van der Waals surface area contributed by atoms with E-state index < -0.39 is 0 Å². The Kier molecular flexibility index (Phi) is 3.40. The van der Waals surface area contributed by atoms with Crippen molar-refractivity contribution in [2.45, 2.75) is 12.3 Å². The number of aromatic nitrogens is 1. The Balaban J connectivity index is 1.70. The monoisotopic (exact) mass is 321 g/mol. The molecule has 110 valence electrons.